The summed E-state index contributed by atoms with van der Waals surface area (Å²) in [4.78, 5) is 14.2. The Morgan fingerprint density at radius 2 is 1.76 bits per heavy atom. The molecule has 3 rings (SSSR count). The van der Waals surface area contributed by atoms with Crippen molar-refractivity contribution in [2.75, 3.05) is 0 Å². The fourth-order valence-electron chi connectivity index (χ4n) is 2.34. The van der Waals surface area contributed by atoms with Crippen molar-refractivity contribution in [1.82, 2.24) is 10.1 Å². The van der Waals surface area contributed by atoms with Crippen LogP contribution in [0.3, 0.4) is 0 Å². The second-order valence-electron chi connectivity index (χ2n) is 5.36. The van der Waals surface area contributed by atoms with Gasteiger partial charge in [0.25, 0.3) is 5.89 Å². The molecule has 0 saturated heterocycles. The lowest BCUT2D eigenvalue weighted by atomic mass is 10.1. The minimum Gasteiger partial charge on any atom is -0.618 e. The average molecular weight is 344 g/mol. The zero-order chi connectivity index (χ0) is 18.3. The van der Waals surface area contributed by atoms with Crippen LogP contribution in [0.5, 0.6) is 11.5 Å². The van der Waals surface area contributed by atoms with E-state index in [4.69, 9.17) is 4.52 Å². The van der Waals surface area contributed by atoms with E-state index < -0.39 is 22.1 Å². The lowest BCUT2D eigenvalue weighted by Gasteiger charge is -2.04. The fraction of sp³-hybridized carbons (Fsp3) is 0.133. The normalized spacial score (nSPS) is 10.8. The van der Waals surface area contributed by atoms with E-state index >= 15 is 0 Å². The number of aryl methyl sites for hydroxylation is 2. The van der Waals surface area contributed by atoms with E-state index in [0.29, 0.717) is 17.0 Å². The molecule has 0 spiro atoms. The molecule has 0 bridgehead atoms. The molecule has 2 aromatic heterocycles. The third kappa shape index (κ3) is 2.80. The summed E-state index contributed by atoms with van der Waals surface area (Å²) >= 11 is 0. The molecule has 0 fully saturated rings. The summed E-state index contributed by atoms with van der Waals surface area (Å²) in [5.74, 6) is -1.43. The van der Waals surface area contributed by atoms with E-state index in [1.165, 1.54) is 0 Å². The molecular formula is C15H12N4O6. The quantitative estimate of drug-likeness (QED) is 0.241. The Morgan fingerprint density at radius 1 is 1.12 bits per heavy atom. The standard InChI is InChI=1S/C15H12N4O6/c1-7-3-9(4-8(2)18(7)22)14-16-15(25-17-14)10-5-11(19(23)24)13(21)12(20)6-10/h3-6,20-21H,1-2H3. The fourth-order valence-corrected chi connectivity index (χ4v) is 2.34. The van der Waals surface area contributed by atoms with Crippen LogP contribution in [-0.2, 0) is 0 Å². The van der Waals surface area contributed by atoms with Gasteiger partial charge in [-0.2, -0.15) is 9.71 Å². The highest BCUT2D eigenvalue weighted by Crippen LogP contribution is 2.39. The molecule has 3 aromatic rings. The van der Waals surface area contributed by atoms with Crippen molar-refractivity contribution in [1.29, 1.82) is 0 Å². The number of hydrogen-bond acceptors (Lipinski definition) is 8. The van der Waals surface area contributed by atoms with Gasteiger partial charge in [-0.05, 0) is 6.07 Å². The Hall–Kier alpha value is -3.69. The first kappa shape index (κ1) is 16.2. The number of aromatic hydroxyl groups is 2. The molecule has 2 N–H and O–H groups in total. The van der Waals surface area contributed by atoms with E-state index in [2.05, 4.69) is 10.1 Å². The van der Waals surface area contributed by atoms with Crippen molar-refractivity contribution in [3.05, 3.63) is 51.0 Å². The van der Waals surface area contributed by atoms with Gasteiger partial charge in [-0.1, -0.05) is 5.16 Å². The van der Waals surface area contributed by atoms with Crippen LogP contribution >= 0.6 is 0 Å². The number of benzene rings is 1. The van der Waals surface area contributed by atoms with Gasteiger partial charge in [0.05, 0.1) is 10.5 Å². The summed E-state index contributed by atoms with van der Waals surface area (Å²) in [6.45, 7) is 3.26. The highest BCUT2D eigenvalue weighted by molar-refractivity contribution is 5.68. The van der Waals surface area contributed by atoms with Crippen LogP contribution in [0.15, 0.2) is 28.8 Å². The molecule has 0 aliphatic rings. The molecule has 2 heterocycles. The number of phenols is 2. The van der Waals surface area contributed by atoms with Crippen LogP contribution in [0, 0.1) is 29.2 Å². The van der Waals surface area contributed by atoms with Gasteiger partial charge in [0.1, 0.15) is 0 Å². The number of phenolic OH excluding ortho intramolecular Hbond substituents is 2. The van der Waals surface area contributed by atoms with Gasteiger partial charge < -0.3 is 19.9 Å². The first-order valence-electron chi connectivity index (χ1n) is 7.03. The van der Waals surface area contributed by atoms with Crippen LogP contribution in [0.4, 0.5) is 5.69 Å². The first-order valence-corrected chi connectivity index (χ1v) is 7.03. The minimum absolute atomic E-state index is 0.0732. The monoisotopic (exact) mass is 344 g/mol. The van der Waals surface area contributed by atoms with Crippen LogP contribution < -0.4 is 4.73 Å². The Balaban J connectivity index is 2.07. The van der Waals surface area contributed by atoms with Gasteiger partial charge in [0.15, 0.2) is 17.1 Å². The molecule has 10 nitrogen and oxygen atoms in total. The van der Waals surface area contributed by atoms with Crippen molar-refractivity contribution < 1.29 is 24.4 Å². The lowest BCUT2D eigenvalue weighted by Crippen LogP contribution is -2.33. The van der Waals surface area contributed by atoms with Gasteiger partial charge in [0, 0.05) is 37.6 Å². The molecule has 0 aliphatic heterocycles. The zero-order valence-corrected chi connectivity index (χ0v) is 13.1. The summed E-state index contributed by atoms with van der Waals surface area (Å²) in [7, 11) is 0. The minimum atomic E-state index is -0.845. The van der Waals surface area contributed by atoms with Gasteiger partial charge in [-0.15, -0.1) is 0 Å². The van der Waals surface area contributed by atoms with Gasteiger partial charge >= 0.3 is 5.69 Å². The number of nitrogens with zero attached hydrogens (tertiary/aromatic N) is 4. The van der Waals surface area contributed by atoms with Crippen molar-refractivity contribution in [2.24, 2.45) is 0 Å². The number of nitro groups is 1. The first-order chi connectivity index (χ1) is 11.8. The van der Waals surface area contributed by atoms with Crippen molar-refractivity contribution in [3.63, 3.8) is 0 Å². The van der Waals surface area contributed by atoms with Crippen LogP contribution in [0.25, 0.3) is 22.8 Å². The summed E-state index contributed by atoms with van der Waals surface area (Å²) in [5, 5.41) is 45.6. The second kappa shape index (κ2) is 5.74. The summed E-state index contributed by atoms with van der Waals surface area (Å²) < 4.78 is 5.84. The predicted octanol–water partition coefficient (Wildman–Crippen LogP) is 1.97. The Bertz CT molecular complexity index is 975. The van der Waals surface area contributed by atoms with Gasteiger partial charge in [-0.3, -0.25) is 10.1 Å². The third-order valence-corrected chi connectivity index (χ3v) is 3.57. The second-order valence-corrected chi connectivity index (χ2v) is 5.36. The zero-order valence-electron chi connectivity index (χ0n) is 13.1. The van der Waals surface area contributed by atoms with Crippen LogP contribution in [-0.4, -0.2) is 25.3 Å². The van der Waals surface area contributed by atoms with E-state index in [1.807, 2.05) is 0 Å². The largest absolute Gasteiger partial charge is 0.618 e. The molecule has 25 heavy (non-hydrogen) atoms. The van der Waals surface area contributed by atoms with E-state index in [1.54, 1.807) is 26.0 Å². The number of hydrogen-bond donors (Lipinski definition) is 2. The molecule has 10 heteroatoms. The molecule has 1 aromatic carbocycles. The van der Waals surface area contributed by atoms with Crippen molar-refractivity contribution >= 4 is 5.69 Å². The molecule has 0 aliphatic carbocycles. The number of aromatic nitrogens is 3. The maximum Gasteiger partial charge on any atom is 0.315 e. The Morgan fingerprint density at radius 3 is 2.36 bits per heavy atom. The SMILES string of the molecule is Cc1cc(-c2noc(-c3cc(O)c(O)c([N+](=O)[O-])c3)n2)cc(C)[n+]1[O-]. The van der Waals surface area contributed by atoms with Crippen molar-refractivity contribution in [3.8, 4) is 34.3 Å². The molecule has 0 radical (unpaired) electrons. The summed E-state index contributed by atoms with van der Waals surface area (Å²) in [6.07, 6.45) is 0. The van der Waals surface area contributed by atoms with Crippen molar-refractivity contribution in [2.45, 2.75) is 13.8 Å². The topological polar surface area (TPSA) is 149 Å². The summed E-state index contributed by atoms with van der Waals surface area (Å²) in [5.41, 5.74) is 0.811. The number of pyridine rings is 1. The molecule has 0 atom stereocenters. The van der Waals surface area contributed by atoms with E-state index in [-0.39, 0.29) is 17.3 Å². The maximum atomic E-state index is 11.7. The van der Waals surface area contributed by atoms with E-state index in [9.17, 15) is 25.5 Å². The average Bonchev–Trinajstić information content (AvgIpc) is 3.04. The number of nitro benzene ring substituents is 1. The Labute approximate surface area is 140 Å². The Kier molecular flexibility index (Phi) is 3.72. The lowest BCUT2D eigenvalue weighted by molar-refractivity contribution is -0.619. The third-order valence-electron chi connectivity index (χ3n) is 3.57. The number of rotatable bonds is 3. The molecular weight excluding hydrogens is 332 g/mol. The van der Waals surface area contributed by atoms with Gasteiger partial charge in [0.2, 0.25) is 11.6 Å². The van der Waals surface area contributed by atoms with Crippen LogP contribution in [0.2, 0.25) is 0 Å². The predicted molar refractivity (Wildman–Crippen MR) is 83.6 cm³/mol. The van der Waals surface area contributed by atoms with E-state index in [0.717, 1.165) is 16.9 Å². The maximum absolute atomic E-state index is 11.7. The highest BCUT2D eigenvalue weighted by Gasteiger charge is 2.22. The highest BCUT2D eigenvalue weighted by atomic mass is 16.6. The summed E-state index contributed by atoms with van der Waals surface area (Å²) in [6, 6.07) is 5.24. The van der Waals surface area contributed by atoms with Crippen LogP contribution in [0.1, 0.15) is 11.4 Å². The molecule has 128 valence electrons. The van der Waals surface area contributed by atoms with Gasteiger partial charge in [-0.25, -0.2) is 0 Å². The smallest absolute Gasteiger partial charge is 0.315 e. The molecule has 0 amide bonds. The molecule has 0 saturated carbocycles. The molecule has 0 unspecified atom stereocenters.